The van der Waals surface area contributed by atoms with Crippen LogP contribution in [0.15, 0.2) is 40.9 Å². The first-order valence-corrected chi connectivity index (χ1v) is 7.79. The maximum Gasteiger partial charge on any atom is 0.161 e. The van der Waals surface area contributed by atoms with Gasteiger partial charge < -0.3 is 14.8 Å². The van der Waals surface area contributed by atoms with Crippen molar-refractivity contribution in [3.63, 3.8) is 0 Å². The molecule has 21 heavy (non-hydrogen) atoms. The molecule has 0 saturated carbocycles. The zero-order valence-corrected chi connectivity index (χ0v) is 14.3. The van der Waals surface area contributed by atoms with Gasteiger partial charge in [0, 0.05) is 21.7 Å². The minimum absolute atomic E-state index is 0.607. The van der Waals surface area contributed by atoms with Crippen molar-refractivity contribution in [2.45, 2.75) is 13.5 Å². The predicted octanol–water partition coefficient (Wildman–Crippen LogP) is 5.12. The first-order chi connectivity index (χ1) is 10.1. The maximum atomic E-state index is 5.93. The van der Waals surface area contributed by atoms with Crippen LogP contribution in [0.1, 0.15) is 12.5 Å². The topological polar surface area (TPSA) is 30.5 Å². The number of anilines is 1. The van der Waals surface area contributed by atoms with Crippen LogP contribution < -0.4 is 14.8 Å². The SMILES string of the molecule is CCOc1cc(CNc2ccc(Cl)cc2Br)ccc1OC. The lowest BCUT2D eigenvalue weighted by Gasteiger charge is -2.13. The molecule has 0 heterocycles. The Kier molecular flexibility index (Phi) is 5.76. The van der Waals surface area contributed by atoms with Crippen molar-refractivity contribution in [1.29, 1.82) is 0 Å². The lowest BCUT2D eigenvalue weighted by molar-refractivity contribution is 0.310. The van der Waals surface area contributed by atoms with E-state index < -0.39 is 0 Å². The summed E-state index contributed by atoms with van der Waals surface area (Å²) in [5.74, 6) is 1.50. The summed E-state index contributed by atoms with van der Waals surface area (Å²) in [4.78, 5) is 0. The number of nitrogens with one attached hydrogen (secondary N) is 1. The van der Waals surface area contributed by atoms with Gasteiger partial charge in [0.15, 0.2) is 11.5 Å². The van der Waals surface area contributed by atoms with Gasteiger partial charge in [-0.15, -0.1) is 0 Å². The van der Waals surface area contributed by atoms with Crippen molar-refractivity contribution < 1.29 is 9.47 Å². The van der Waals surface area contributed by atoms with E-state index in [-0.39, 0.29) is 0 Å². The lowest BCUT2D eigenvalue weighted by Crippen LogP contribution is -2.02. The quantitative estimate of drug-likeness (QED) is 0.765. The van der Waals surface area contributed by atoms with Crippen LogP contribution in [-0.4, -0.2) is 13.7 Å². The summed E-state index contributed by atoms with van der Waals surface area (Å²) in [5, 5.41) is 4.07. The highest BCUT2D eigenvalue weighted by Gasteiger charge is 2.06. The number of halogens is 2. The summed E-state index contributed by atoms with van der Waals surface area (Å²) in [5.41, 5.74) is 2.11. The van der Waals surface area contributed by atoms with Crippen molar-refractivity contribution in [3.8, 4) is 11.5 Å². The first-order valence-electron chi connectivity index (χ1n) is 6.62. The molecule has 2 rings (SSSR count). The molecule has 0 fully saturated rings. The van der Waals surface area contributed by atoms with E-state index in [1.165, 1.54) is 0 Å². The Balaban J connectivity index is 2.10. The predicted molar refractivity (Wildman–Crippen MR) is 90.6 cm³/mol. The van der Waals surface area contributed by atoms with Crippen molar-refractivity contribution in [1.82, 2.24) is 0 Å². The van der Waals surface area contributed by atoms with Gasteiger partial charge in [-0.05, 0) is 58.7 Å². The van der Waals surface area contributed by atoms with E-state index >= 15 is 0 Å². The molecule has 0 aliphatic heterocycles. The molecule has 3 nitrogen and oxygen atoms in total. The van der Waals surface area contributed by atoms with Gasteiger partial charge in [0.1, 0.15) is 0 Å². The van der Waals surface area contributed by atoms with Crippen LogP contribution in [0.5, 0.6) is 11.5 Å². The summed E-state index contributed by atoms with van der Waals surface area (Å²) in [6.45, 7) is 3.25. The second-order valence-corrected chi connectivity index (χ2v) is 5.69. The molecule has 0 aromatic heterocycles. The smallest absolute Gasteiger partial charge is 0.161 e. The molecule has 0 aliphatic carbocycles. The van der Waals surface area contributed by atoms with Crippen molar-refractivity contribution in [3.05, 3.63) is 51.5 Å². The number of benzene rings is 2. The average Bonchev–Trinajstić information content (AvgIpc) is 2.47. The minimum atomic E-state index is 0.607. The molecule has 0 bridgehead atoms. The van der Waals surface area contributed by atoms with E-state index in [0.29, 0.717) is 18.2 Å². The monoisotopic (exact) mass is 369 g/mol. The summed E-state index contributed by atoms with van der Waals surface area (Å²) in [7, 11) is 1.64. The van der Waals surface area contributed by atoms with E-state index in [1.807, 2.05) is 43.3 Å². The van der Waals surface area contributed by atoms with Gasteiger partial charge in [-0.3, -0.25) is 0 Å². The van der Waals surface area contributed by atoms with Gasteiger partial charge in [-0.25, -0.2) is 0 Å². The molecule has 112 valence electrons. The fourth-order valence-electron chi connectivity index (χ4n) is 1.93. The zero-order chi connectivity index (χ0) is 15.2. The second kappa shape index (κ2) is 7.57. The average molecular weight is 371 g/mol. The summed E-state index contributed by atoms with van der Waals surface area (Å²) < 4.78 is 11.8. The number of rotatable bonds is 6. The van der Waals surface area contributed by atoms with E-state index in [2.05, 4.69) is 21.2 Å². The summed E-state index contributed by atoms with van der Waals surface area (Å²) in [6, 6.07) is 11.6. The highest BCUT2D eigenvalue weighted by Crippen LogP contribution is 2.29. The van der Waals surface area contributed by atoms with Gasteiger partial charge in [-0.1, -0.05) is 17.7 Å². The van der Waals surface area contributed by atoms with Crippen LogP contribution in [0.25, 0.3) is 0 Å². The second-order valence-electron chi connectivity index (χ2n) is 4.40. The Morgan fingerprint density at radius 3 is 2.62 bits per heavy atom. The van der Waals surface area contributed by atoms with E-state index in [4.69, 9.17) is 21.1 Å². The van der Waals surface area contributed by atoms with Gasteiger partial charge in [0.25, 0.3) is 0 Å². The largest absolute Gasteiger partial charge is 0.493 e. The van der Waals surface area contributed by atoms with E-state index in [0.717, 1.165) is 27.2 Å². The highest BCUT2D eigenvalue weighted by atomic mass is 79.9. The first kappa shape index (κ1) is 16.0. The molecule has 0 amide bonds. The fourth-order valence-corrected chi connectivity index (χ4v) is 2.75. The van der Waals surface area contributed by atoms with Gasteiger partial charge >= 0.3 is 0 Å². The van der Waals surface area contributed by atoms with Crippen LogP contribution in [0.3, 0.4) is 0 Å². The Morgan fingerprint density at radius 1 is 1.14 bits per heavy atom. The molecular formula is C16H17BrClNO2. The van der Waals surface area contributed by atoms with Gasteiger partial charge in [0.05, 0.1) is 13.7 Å². The Bertz CT molecular complexity index is 619. The summed E-state index contributed by atoms with van der Waals surface area (Å²) in [6.07, 6.45) is 0. The van der Waals surface area contributed by atoms with Crippen molar-refractivity contribution >= 4 is 33.2 Å². The molecule has 0 radical (unpaired) electrons. The maximum absolute atomic E-state index is 5.93. The van der Waals surface area contributed by atoms with Gasteiger partial charge in [0.2, 0.25) is 0 Å². The van der Waals surface area contributed by atoms with Crippen molar-refractivity contribution in [2.24, 2.45) is 0 Å². The summed E-state index contributed by atoms with van der Waals surface area (Å²) >= 11 is 9.43. The molecule has 5 heteroatoms. The number of ether oxygens (including phenoxy) is 2. The third kappa shape index (κ3) is 4.29. The van der Waals surface area contributed by atoms with E-state index in [9.17, 15) is 0 Å². The molecule has 2 aromatic carbocycles. The van der Waals surface area contributed by atoms with Crippen LogP contribution in [0, 0.1) is 0 Å². The molecule has 1 N–H and O–H groups in total. The van der Waals surface area contributed by atoms with Crippen LogP contribution in [0.2, 0.25) is 5.02 Å². The van der Waals surface area contributed by atoms with Crippen LogP contribution in [0.4, 0.5) is 5.69 Å². The lowest BCUT2D eigenvalue weighted by atomic mass is 10.2. The molecule has 0 saturated heterocycles. The van der Waals surface area contributed by atoms with Gasteiger partial charge in [-0.2, -0.15) is 0 Å². The highest BCUT2D eigenvalue weighted by molar-refractivity contribution is 9.10. The van der Waals surface area contributed by atoms with Crippen molar-refractivity contribution in [2.75, 3.05) is 19.0 Å². The fraction of sp³-hybridized carbons (Fsp3) is 0.250. The molecule has 0 unspecified atom stereocenters. The standard InChI is InChI=1S/C16H17BrClNO2/c1-3-21-16-8-11(4-7-15(16)20-2)10-19-14-6-5-12(18)9-13(14)17/h4-9,19H,3,10H2,1-2H3. The third-order valence-electron chi connectivity index (χ3n) is 2.94. The zero-order valence-electron chi connectivity index (χ0n) is 12.0. The number of hydrogen-bond donors (Lipinski definition) is 1. The van der Waals surface area contributed by atoms with Crippen LogP contribution in [-0.2, 0) is 6.54 Å². The number of methoxy groups -OCH3 is 1. The molecule has 0 aliphatic rings. The van der Waals surface area contributed by atoms with Crippen LogP contribution >= 0.6 is 27.5 Å². The molecule has 2 aromatic rings. The molecular weight excluding hydrogens is 354 g/mol. The Morgan fingerprint density at radius 2 is 1.95 bits per heavy atom. The Hall–Kier alpha value is -1.39. The van der Waals surface area contributed by atoms with E-state index in [1.54, 1.807) is 7.11 Å². The normalized spacial score (nSPS) is 10.3. The number of hydrogen-bond acceptors (Lipinski definition) is 3. The molecule has 0 atom stereocenters. The minimum Gasteiger partial charge on any atom is -0.493 e. The molecule has 0 spiro atoms. The Labute approximate surface area is 138 Å². The third-order valence-corrected chi connectivity index (χ3v) is 3.83.